The topological polar surface area (TPSA) is 117 Å². The standard InChI is InChI=1S/C29H29N3O6/c1-29(2,3)38-27(34)32(4)17-18-10-12-20(13-11-18)30-25(19-8-6-5-7-9-19)24-22-16-21(37-28(35)36)14-15-23(22)31-26(24)33/h5-16,30H,17H2,1-4H3,(H,31,33)(H,35,36)/b25-24-. The molecule has 0 saturated heterocycles. The van der Waals surface area contributed by atoms with Gasteiger partial charge in [-0.15, -0.1) is 0 Å². The van der Waals surface area contributed by atoms with Crippen LogP contribution in [0.15, 0.2) is 72.8 Å². The molecule has 0 bridgehead atoms. The Labute approximate surface area is 220 Å². The largest absolute Gasteiger partial charge is 0.511 e. The highest BCUT2D eigenvalue weighted by Crippen LogP contribution is 2.39. The van der Waals surface area contributed by atoms with Gasteiger partial charge in [-0.2, -0.15) is 0 Å². The summed E-state index contributed by atoms with van der Waals surface area (Å²) in [4.78, 5) is 37.9. The molecule has 0 fully saturated rings. The molecular weight excluding hydrogens is 486 g/mol. The van der Waals surface area contributed by atoms with E-state index in [9.17, 15) is 14.4 Å². The number of hydrogen-bond donors (Lipinski definition) is 3. The molecule has 9 nitrogen and oxygen atoms in total. The number of ether oxygens (including phenoxy) is 2. The zero-order valence-electron chi connectivity index (χ0n) is 21.6. The lowest BCUT2D eigenvalue weighted by molar-refractivity contribution is -0.110. The molecular formula is C29H29N3O6. The highest BCUT2D eigenvalue weighted by molar-refractivity contribution is 6.37. The zero-order valence-corrected chi connectivity index (χ0v) is 21.6. The molecule has 196 valence electrons. The van der Waals surface area contributed by atoms with Crippen LogP contribution >= 0.6 is 0 Å². The second kappa shape index (κ2) is 10.7. The fourth-order valence-electron chi connectivity index (χ4n) is 3.96. The van der Waals surface area contributed by atoms with Gasteiger partial charge in [-0.3, -0.25) is 4.79 Å². The number of amides is 2. The van der Waals surface area contributed by atoms with E-state index < -0.39 is 17.8 Å². The van der Waals surface area contributed by atoms with E-state index in [-0.39, 0.29) is 11.7 Å². The monoisotopic (exact) mass is 515 g/mol. The summed E-state index contributed by atoms with van der Waals surface area (Å²) < 4.78 is 10.2. The summed E-state index contributed by atoms with van der Waals surface area (Å²) in [5, 5.41) is 15.2. The number of rotatable bonds is 6. The van der Waals surface area contributed by atoms with Gasteiger partial charge in [0.15, 0.2) is 0 Å². The molecule has 3 aromatic rings. The van der Waals surface area contributed by atoms with E-state index in [2.05, 4.69) is 10.6 Å². The summed E-state index contributed by atoms with van der Waals surface area (Å²) in [5.41, 5.74) is 3.80. The van der Waals surface area contributed by atoms with Crippen molar-refractivity contribution in [3.63, 3.8) is 0 Å². The van der Waals surface area contributed by atoms with E-state index in [4.69, 9.17) is 14.6 Å². The van der Waals surface area contributed by atoms with Crippen molar-refractivity contribution in [3.05, 3.63) is 89.5 Å². The Morgan fingerprint density at radius 3 is 2.32 bits per heavy atom. The molecule has 38 heavy (non-hydrogen) atoms. The third-order valence-corrected chi connectivity index (χ3v) is 5.60. The molecule has 0 aliphatic carbocycles. The van der Waals surface area contributed by atoms with Crippen LogP contribution in [0.5, 0.6) is 5.75 Å². The minimum absolute atomic E-state index is 0.108. The summed E-state index contributed by atoms with van der Waals surface area (Å²) in [6, 6.07) is 21.5. The summed E-state index contributed by atoms with van der Waals surface area (Å²) in [6.45, 7) is 5.83. The van der Waals surface area contributed by atoms with Crippen molar-refractivity contribution in [3.8, 4) is 5.75 Å². The quantitative estimate of drug-likeness (QED) is 0.208. The lowest BCUT2D eigenvalue weighted by atomic mass is 9.99. The first-order valence-corrected chi connectivity index (χ1v) is 12.0. The molecule has 0 unspecified atom stereocenters. The van der Waals surface area contributed by atoms with E-state index >= 15 is 0 Å². The van der Waals surface area contributed by atoms with Crippen LogP contribution in [0, 0.1) is 0 Å². The molecule has 1 aliphatic rings. The summed E-state index contributed by atoms with van der Waals surface area (Å²) >= 11 is 0. The van der Waals surface area contributed by atoms with Gasteiger partial charge in [0, 0.05) is 30.5 Å². The normalized spacial score (nSPS) is 13.7. The predicted molar refractivity (Wildman–Crippen MR) is 145 cm³/mol. The van der Waals surface area contributed by atoms with Crippen LogP contribution in [0.4, 0.5) is 21.0 Å². The average Bonchev–Trinajstić information content (AvgIpc) is 3.17. The summed E-state index contributed by atoms with van der Waals surface area (Å²) in [5.74, 6) is -0.217. The number of hydrogen-bond acceptors (Lipinski definition) is 6. The van der Waals surface area contributed by atoms with Crippen molar-refractivity contribution < 1.29 is 29.0 Å². The highest BCUT2D eigenvalue weighted by Gasteiger charge is 2.29. The van der Waals surface area contributed by atoms with E-state index in [1.165, 1.54) is 17.0 Å². The number of benzene rings is 3. The van der Waals surface area contributed by atoms with Gasteiger partial charge in [0.1, 0.15) is 11.4 Å². The summed E-state index contributed by atoms with van der Waals surface area (Å²) in [6.07, 6.45) is -1.85. The van der Waals surface area contributed by atoms with E-state index in [0.717, 1.165) is 16.8 Å². The van der Waals surface area contributed by atoms with Crippen molar-refractivity contribution in [2.24, 2.45) is 0 Å². The lowest BCUT2D eigenvalue weighted by Crippen LogP contribution is -2.33. The van der Waals surface area contributed by atoms with Gasteiger partial charge in [0.25, 0.3) is 5.91 Å². The van der Waals surface area contributed by atoms with Gasteiger partial charge in [-0.05, 0) is 62.2 Å². The number of nitrogens with zero attached hydrogens (tertiary/aromatic N) is 1. The second-order valence-electron chi connectivity index (χ2n) is 9.80. The number of carbonyl (C=O) groups is 3. The Bertz CT molecular complexity index is 1390. The Balaban J connectivity index is 1.64. The van der Waals surface area contributed by atoms with E-state index in [1.807, 2.05) is 75.4 Å². The Morgan fingerprint density at radius 1 is 1.00 bits per heavy atom. The van der Waals surface area contributed by atoms with E-state index in [1.54, 1.807) is 13.1 Å². The van der Waals surface area contributed by atoms with Gasteiger partial charge in [0.2, 0.25) is 0 Å². The number of fused-ring (bicyclic) bond motifs is 1. The molecule has 0 radical (unpaired) electrons. The van der Waals surface area contributed by atoms with Crippen LogP contribution in [-0.4, -0.2) is 40.8 Å². The Kier molecular flexibility index (Phi) is 7.38. The van der Waals surface area contributed by atoms with Crippen LogP contribution in [0.1, 0.15) is 37.5 Å². The minimum Gasteiger partial charge on any atom is -0.449 e. The first-order chi connectivity index (χ1) is 18.0. The van der Waals surface area contributed by atoms with Crippen LogP contribution < -0.4 is 15.4 Å². The molecule has 1 aliphatic heterocycles. The fraction of sp³-hybridized carbons (Fsp3) is 0.207. The van der Waals surface area contributed by atoms with Crippen molar-refractivity contribution in [2.75, 3.05) is 17.7 Å². The second-order valence-corrected chi connectivity index (χ2v) is 9.80. The van der Waals surface area contributed by atoms with Crippen molar-refractivity contribution in [1.82, 2.24) is 4.90 Å². The van der Waals surface area contributed by atoms with E-state index in [0.29, 0.717) is 29.1 Å². The molecule has 0 atom stereocenters. The van der Waals surface area contributed by atoms with Gasteiger partial charge in [-0.25, -0.2) is 9.59 Å². The third-order valence-electron chi connectivity index (χ3n) is 5.60. The third kappa shape index (κ3) is 6.31. The van der Waals surface area contributed by atoms with Crippen LogP contribution in [0.2, 0.25) is 0 Å². The van der Waals surface area contributed by atoms with Crippen LogP contribution in [0.25, 0.3) is 11.3 Å². The SMILES string of the molecule is CN(Cc1ccc(N/C(=C2\C(=O)Nc3ccc(OC(=O)O)cc32)c2ccccc2)cc1)C(=O)OC(C)(C)C. The molecule has 2 amide bonds. The molecule has 0 aromatic heterocycles. The summed E-state index contributed by atoms with van der Waals surface area (Å²) in [7, 11) is 1.68. The van der Waals surface area contributed by atoms with Crippen molar-refractivity contribution in [1.29, 1.82) is 0 Å². The predicted octanol–water partition coefficient (Wildman–Crippen LogP) is 6.04. The lowest BCUT2D eigenvalue weighted by Gasteiger charge is -2.24. The maximum Gasteiger partial charge on any atom is 0.511 e. The maximum atomic E-state index is 13.1. The first-order valence-electron chi connectivity index (χ1n) is 12.0. The molecule has 9 heteroatoms. The first kappa shape index (κ1) is 26.3. The zero-order chi connectivity index (χ0) is 27.4. The van der Waals surface area contributed by atoms with Gasteiger partial charge in [0.05, 0.1) is 11.3 Å². The van der Waals surface area contributed by atoms with Crippen molar-refractivity contribution >= 4 is 40.8 Å². The molecule has 3 N–H and O–H groups in total. The van der Waals surface area contributed by atoms with Gasteiger partial charge < -0.3 is 30.1 Å². The molecule has 4 rings (SSSR count). The number of carboxylic acid groups (broad SMARTS) is 1. The average molecular weight is 516 g/mol. The van der Waals surface area contributed by atoms with Crippen LogP contribution in [0.3, 0.4) is 0 Å². The molecule has 3 aromatic carbocycles. The minimum atomic E-state index is -1.44. The molecule has 0 spiro atoms. The Morgan fingerprint density at radius 2 is 1.68 bits per heavy atom. The number of nitrogens with one attached hydrogen (secondary N) is 2. The molecule has 0 saturated carbocycles. The maximum absolute atomic E-state index is 13.1. The van der Waals surface area contributed by atoms with Crippen molar-refractivity contribution in [2.45, 2.75) is 32.9 Å². The Hall–Kier alpha value is -4.79. The van der Waals surface area contributed by atoms with Gasteiger partial charge >= 0.3 is 12.2 Å². The molecule has 1 heterocycles. The highest BCUT2D eigenvalue weighted by atomic mass is 16.7. The fourth-order valence-corrected chi connectivity index (χ4v) is 3.96. The van der Waals surface area contributed by atoms with Crippen LogP contribution in [-0.2, 0) is 16.1 Å². The number of anilines is 2. The smallest absolute Gasteiger partial charge is 0.449 e. The number of carbonyl (C=O) groups excluding carboxylic acids is 2. The van der Waals surface area contributed by atoms with Gasteiger partial charge in [-0.1, -0.05) is 42.5 Å².